The Balaban J connectivity index is 2.96. The van der Waals surface area contributed by atoms with Gasteiger partial charge in [-0.25, -0.2) is 8.42 Å². The van der Waals surface area contributed by atoms with E-state index in [1.54, 1.807) is 0 Å². The van der Waals surface area contributed by atoms with Crippen LogP contribution < -0.4 is 4.72 Å². The van der Waals surface area contributed by atoms with Crippen molar-refractivity contribution in [1.82, 2.24) is 0 Å². The number of nitro benzene ring substituents is 1. The first-order chi connectivity index (χ1) is 8.35. The number of rotatable bonds is 6. The molecule has 100 valence electrons. The summed E-state index contributed by atoms with van der Waals surface area (Å²) in [5.41, 5.74) is -0.540. The van der Waals surface area contributed by atoms with Gasteiger partial charge in [-0.3, -0.25) is 14.8 Å². The molecule has 9 heteroatoms. The molecule has 0 heterocycles. The van der Waals surface area contributed by atoms with Gasteiger partial charge in [0.15, 0.2) is 0 Å². The van der Waals surface area contributed by atoms with Crippen LogP contribution in [0.4, 0.5) is 11.4 Å². The van der Waals surface area contributed by atoms with E-state index < -0.39 is 14.9 Å². The number of phenols is 1. The van der Waals surface area contributed by atoms with Gasteiger partial charge in [-0.1, -0.05) is 0 Å². The summed E-state index contributed by atoms with van der Waals surface area (Å²) < 4.78 is 25.2. The number of sulfonamides is 1. The number of halogens is 1. The first-order valence-electron chi connectivity index (χ1n) is 4.89. The second kappa shape index (κ2) is 5.87. The number of nitrogens with zero attached hydrogens (tertiary/aromatic N) is 1. The Morgan fingerprint density at radius 1 is 1.44 bits per heavy atom. The highest BCUT2D eigenvalue weighted by atomic mass is 35.5. The quantitative estimate of drug-likeness (QED) is 0.359. The number of aromatic hydroxyl groups is 1. The van der Waals surface area contributed by atoms with E-state index in [2.05, 4.69) is 4.72 Å². The number of hydrogen-bond donors (Lipinski definition) is 2. The molecular formula is C9H11ClN2O5S. The first kappa shape index (κ1) is 14.5. The maximum absolute atomic E-state index is 11.5. The van der Waals surface area contributed by atoms with Crippen molar-refractivity contribution in [2.45, 2.75) is 6.42 Å². The summed E-state index contributed by atoms with van der Waals surface area (Å²) in [7, 11) is -3.68. The van der Waals surface area contributed by atoms with Gasteiger partial charge in [0.1, 0.15) is 5.75 Å². The summed E-state index contributed by atoms with van der Waals surface area (Å²) in [6, 6.07) is 3.08. The third kappa shape index (κ3) is 4.04. The van der Waals surface area contributed by atoms with Gasteiger partial charge in [0.05, 0.1) is 16.4 Å². The molecule has 18 heavy (non-hydrogen) atoms. The van der Waals surface area contributed by atoms with Crippen LogP contribution in [0.5, 0.6) is 5.75 Å². The van der Waals surface area contributed by atoms with E-state index in [1.807, 2.05) is 0 Å². The molecule has 1 aromatic rings. The topological polar surface area (TPSA) is 110 Å². The molecule has 1 aromatic carbocycles. The van der Waals surface area contributed by atoms with Crippen LogP contribution in [-0.2, 0) is 10.0 Å². The van der Waals surface area contributed by atoms with Gasteiger partial charge in [-0.05, 0) is 12.5 Å². The molecule has 0 radical (unpaired) electrons. The average molecular weight is 295 g/mol. The van der Waals surface area contributed by atoms with Gasteiger partial charge < -0.3 is 5.11 Å². The Bertz CT molecular complexity index is 546. The number of alkyl halides is 1. The van der Waals surface area contributed by atoms with Gasteiger partial charge in [0, 0.05) is 18.0 Å². The van der Waals surface area contributed by atoms with Crippen molar-refractivity contribution in [2.75, 3.05) is 16.4 Å². The predicted molar refractivity (Wildman–Crippen MR) is 67.5 cm³/mol. The molecule has 0 amide bonds. The summed E-state index contributed by atoms with van der Waals surface area (Å²) >= 11 is 5.38. The SMILES string of the molecule is O=[N+]([O-])c1ccc(O)c(NS(=O)(=O)CCCCl)c1. The normalized spacial score (nSPS) is 11.2. The van der Waals surface area contributed by atoms with Crippen molar-refractivity contribution in [1.29, 1.82) is 0 Å². The molecule has 0 atom stereocenters. The molecule has 0 aliphatic carbocycles. The van der Waals surface area contributed by atoms with E-state index in [0.717, 1.165) is 18.2 Å². The molecule has 0 bridgehead atoms. The summed E-state index contributed by atoms with van der Waals surface area (Å²) in [5, 5.41) is 20.0. The highest BCUT2D eigenvalue weighted by Crippen LogP contribution is 2.28. The molecule has 0 saturated carbocycles. The van der Waals surface area contributed by atoms with E-state index in [9.17, 15) is 23.6 Å². The van der Waals surface area contributed by atoms with Crippen LogP contribution in [0.2, 0.25) is 0 Å². The van der Waals surface area contributed by atoms with Crippen molar-refractivity contribution in [3.8, 4) is 5.75 Å². The third-order valence-corrected chi connectivity index (χ3v) is 3.63. The highest BCUT2D eigenvalue weighted by molar-refractivity contribution is 7.92. The minimum Gasteiger partial charge on any atom is -0.506 e. The number of nitro groups is 1. The van der Waals surface area contributed by atoms with Crippen LogP contribution in [0.15, 0.2) is 18.2 Å². The van der Waals surface area contributed by atoms with E-state index in [0.29, 0.717) is 0 Å². The molecule has 0 fully saturated rings. The van der Waals surface area contributed by atoms with Crippen molar-refractivity contribution in [3.63, 3.8) is 0 Å². The van der Waals surface area contributed by atoms with E-state index in [-0.39, 0.29) is 35.2 Å². The zero-order valence-electron chi connectivity index (χ0n) is 9.17. The zero-order valence-corrected chi connectivity index (χ0v) is 10.7. The molecule has 0 spiro atoms. The number of benzene rings is 1. The molecule has 2 N–H and O–H groups in total. The monoisotopic (exact) mass is 294 g/mol. The van der Waals surface area contributed by atoms with Crippen molar-refractivity contribution < 1.29 is 18.4 Å². The largest absolute Gasteiger partial charge is 0.506 e. The standard InChI is InChI=1S/C9H11ClN2O5S/c10-4-1-5-18(16,17)11-8-6-7(12(14)15)2-3-9(8)13/h2-3,6,11,13H,1,4-5H2. The Kier molecular flexibility index (Phi) is 4.74. The van der Waals surface area contributed by atoms with Crippen LogP contribution in [0, 0.1) is 10.1 Å². The lowest BCUT2D eigenvalue weighted by Gasteiger charge is -2.08. The fraction of sp³-hybridized carbons (Fsp3) is 0.333. The van der Waals surface area contributed by atoms with Crippen molar-refractivity contribution >= 4 is 33.0 Å². The molecule has 0 aliphatic heterocycles. The van der Waals surface area contributed by atoms with Gasteiger partial charge in [0.25, 0.3) is 5.69 Å². The second-order valence-corrected chi connectivity index (χ2v) is 5.64. The van der Waals surface area contributed by atoms with Crippen molar-refractivity contribution in [2.24, 2.45) is 0 Å². The summed E-state index contributed by atoms with van der Waals surface area (Å²) in [6.45, 7) is 0. The van der Waals surface area contributed by atoms with Crippen LogP contribution in [-0.4, -0.2) is 30.1 Å². The smallest absolute Gasteiger partial charge is 0.271 e. The minimum absolute atomic E-state index is 0.182. The first-order valence-corrected chi connectivity index (χ1v) is 7.08. The maximum atomic E-state index is 11.5. The second-order valence-electron chi connectivity index (χ2n) is 3.42. The zero-order chi connectivity index (χ0) is 13.8. The number of phenolic OH excluding ortho intramolecular Hbond substituents is 1. The van der Waals surface area contributed by atoms with Crippen LogP contribution in [0.25, 0.3) is 0 Å². The van der Waals surface area contributed by atoms with Crippen LogP contribution >= 0.6 is 11.6 Å². The van der Waals surface area contributed by atoms with Crippen molar-refractivity contribution in [3.05, 3.63) is 28.3 Å². The fourth-order valence-electron chi connectivity index (χ4n) is 1.18. The molecule has 0 unspecified atom stereocenters. The molecular weight excluding hydrogens is 284 g/mol. The number of hydrogen-bond acceptors (Lipinski definition) is 5. The number of non-ortho nitro benzene ring substituents is 1. The van der Waals surface area contributed by atoms with Crippen LogP contribution in [0.1, 0.15) is 6.42 Å². The van der Waals surface area contributed by atoms with E-state index >= 15 is 0 Å². The molecule has 1 rings (SSSR count). The Morgan fingerprint density at radius 2 is 2.11 bits per heavy atom. The van der Waals surface area contributed by atoms with E-state index in [4.69, 9.17) is 11.6 Å². The molecule has 0 saturated heterocycles. The number of anilines is 1. The summed E-state index contributed by atoms with van der Waals surface area (Å²) in [4.78, 5) is 9.85. The van der Waals surface area contributed by atoms with Gasteiger partial charge in [0.2, 0.25) is 10.0 Å². The molecule has 0 aromatic heterocycles. The van der Waals surface area contributed by atoms with Crippen LogP contribution in [0.3, 0.4) is 0 Å². The number of nitrogens with one attached hydrogen (secondary N) is 1. The van der Waals surface area contributed by atoms with Gasteiger partial charge in [-0.2, -0.15) is 0 Å². The maximum Gasteiger partial charge on any atom is 0.271 e. The lowest BCUT2D eigenvalue weighted by molar-refractivity contribution is -0.384. The summed E-state index contributed by atoms with van der Waals surface area (Å²) in [6.07, 6.45) is 0.243. The Hall–Kier alpha value is -1.54. The van der Waals surface area contributed by atoms with E-state index in [1.165, 1.54) is 0 Å². The molecule has 7 nitrogen and oxygen atoms in total. The highest BCUT2D eigenvalue weighted by Gasteiger charge is 2.16. The minimum atomic E-state index is -3.68. The summed E-state index contributed by atoms with van der Waals surface area (Å²) in [5.74, 6) is -0.421. The lowest BCUT2D eigenvalue weighted by atomic mass is 10.2. The Morgan fingerprint density at radius 3 is 2.67 bits per heavy atom. The molecule has 0 aliphatic rings. The average Bonchev–Trinajstić information content (AvgIpc) is 2.29. The Labute approximate surface area is 109 Å². The third-order valence-electron chi connectivity index (χ3n) is 2.00. The van der Waals surface area contributed by atoms with Gasteiger partial charge in [-0.15, -0.1) is 11.6 Å². The van der Waals surface area contributed by atoms with Gasteiger partial charge >= 0.3 is 0 Å². The fourth-order valence-corrected chi connectivity index (χ4v) is 2.60. The lowest BCUT2D eigenvalue weighted by Crippen LogP contribution is -2.17. The predicted octanol–water partition coefficient (Wildman–Crippen LogP) is 1.67.